The summed E-state index contributed by atoms with van der Waals surface area (Å²) in [5, 5.41) is 13.8. The van der Waals surface area contributed by atoms with Crippen LogP contribution in [0.3, 0.4) is 0 Å². The number of halogens is 3. The number of nitrogens with zero attached hydrogens (tertiary/aromatic N) is 3. The molecule has 0 spiro atoms. The van der Waals surface area contributed by atoms with Crippen molar-refractivity contribution in [2.24, 2.45) is 0 Å². The van der Waals surface area contributed by atoms with Gasteiger partial charge in [0.25, 0.3) is 0 Å². The highest BCUT2D eigenvalue weighted by Gasteiger charge is 2.34. The Balaban J connectivity index is 1.63. The predicted molar refractivity (Wildman–Crippen MR) is 208 cm³/mol. The normalized spacial score (nSPS) is 12.7. The fourth-order valence-corrected chi connectivity index (χ4v) is 7.56. The quantitative estimate of drug-likeness (QED) is 0.182. The van der Waals surface area contributed by atoms with E-state index in [2.05, 4.69) is 84.0 Å². The first-order chi connectivity index (χ1) is 24.6. The lowest BCUT2D eigenvalue weighted by atomic mass is 9.86. The van der Waals surface area contributed by atoms with E-state index < -0.39 is 11.7 Å². The van der Waals surface area contributed by atoms with Crippen LogP contribution in [-0.2, 0) is 17.0 Å². The first kappa shape index (κ1) is 33.3. The molecule has 0 saturated heterocycles. The summed E-state index contributed by atoms with van der Waals surface area (Å²) in [7, 11) is 0. The van der Waals surface area contributed by atoms with Crippen molar-refractivity contribution in [3.05, 3.63) is 144 Å². The minimum absolute atomic E-state index is 0.202. The Morgan fingerprint density at radius 3 is 1.38 bits per heavy atom. The zero-order valence-corrected chi connectivity index (χ0v) is 30.0. The summed E-state index contributed by atoms with van der Waals surface area (Å²) in [6.07, 6.45) is -4.65. The van der Waals surface area contributed by atoms with E-state index >= 15 is 13.2 Å². The molecule has 0 fully saturated rings. The Morgan fingerprint density at radius 1 is 0.481 bits per heavy atom. The minimum atomic E-state index is -4.65. The van der Waals surface area contributed by atoms with E-state index in [4.69, 9.17) is 0 Å². The third kappa shape index (κ3) is 5.35. The Hall–Kier alpha value is -5.80. The average molecular weight is 690 g/mol. The van der Waals surface area contributed by atoms with Gasteiger partial charge in [-0.15, -0.1) is 0 Å². The van der Waals surface area contributed by atoms with Crippen LogP contribution in [0.1, 0.15) is 63.8 Å². The summed E-state index contributed by atoms with van der Waals surface area (Å²) < 4.78 is 49.9. The second-order valence-electron chi connectivity index (χ2n) is 15.7. The first-order valence-electron chi connectivity index (χ1n) is 17.5. The lowest BCUT2D eigenvalue weighted by Crippen LogP contribution is -2.13. The van der Waals surface area contributed by atoms with Crippen molar-refractivity contribution in [2.45, 2.75) is 58.5 Å². The van der Waals surface area contributed by atoms with E-state index in [1.54, 1.807) is 18.2 Å². The summed E-state index contributed by atoms with van der Waals surface area (Å²) in [6.45, 7) is 12.8. The Bertz CT molecular complexity index is 2600. The summed E-state index contributed by atoms with van der Waals surface area (Å²) in [5.41, 5.74) is 6.63. The molecule has 0 N–H and O–H groups in total. The van der Waals surface area contributed by atoms with Crippen molar-refractivity contribution in [2.75, 3.05) is 0 Å². The van der Waals surface area contributed by atoms with Crippen LogP contribution >= 0.6 is 0 Å². The zero-order valence-electron chi connectivity index (χ0n) is 30.0. The first-order valence-corrected chi connectivity index (χ1v) is 17.5. The molecule has 0 saturated carbocycles. The van der Waals surface area contributed by atoms with E-state index in [1.807, 2.05) is 63.7 Å². The molecule has 0 unspecified atom stereocenters. The Morgan fingerprint density at radius 2 is 0.942 bits per heavy atom. The number of nitriles is 1. The summed E-state index contributed by atoms with van der Waals surface area (Å²) in [5.74, 6) is 0. The van der Waals surface area contributed by atoms with Gasteiger partial charge in [-0.25, -0.2) is 0 Å². The molecule has 52 heavy (non-hydrogen) atoms. The fourth-order valence-electron chi connectivity index (χ4n) is 7.56. The SMILES string of the molecule is CC(C)(C)c1ccc2c3ccccc3n(-c3cc(C(F)(F)F)cc(-n4c5ccccc5c5ccc(C(C)(C)C)cc54)c3-c3cccc(C#N)c3)c2c1. The standard InChI is InChI=1S/C46H38F3N3/c1-44(2,3)30-18-20-35-33-14-7-9-16-37(33)51(39(35)23-30)41-25-32(46(47,48)49)26-42(43(41)29-13-11-12-28(22-29)27-50)52-38-17-10-8-15-34(38)36-21-19-31(24-40(36)52)45(4,5)6/h7-26H,1-6H3. The highest BCUT2D eigenvalue weighted by molar-refractivity contribution is 6.12. The third-order valence-corrected chi connectivity index (χ3v) is 10.3. The highest BCUT2D eigenvalue weighted by atomic mass is 19.4. The number of hydrogen-bond acceptors (Lipinski definition) is 1. The van der Waals surface area contributed by atoms with Gasteiger partial charge in [0.1, 0.15) is 0 Å². The van der Waals surface area contributed by atoms with E-state index in [-0.39, 0.29) is 10.8 Å². The van der Waals surface area contributed by atoms with Crippen LogP contribution in [0.4, 0.5) is 13.2 Å². The molecule has 8 rings (SSSR count). The van der Waals surface area contributed by atoms with Crippen molar-refractivity contribution in [3.63, 3.8) is 0 Å². The van der Waals surface area contributed by atoms with Gasteiger partial charge in [-0.05, 0) is 76.1 Å². The van der Waals surface area contributed by atoms with Crippen LogP contribution in [0.25, 0.3) is 66.1 Å². The molecule has 0 atom stereocenters. The molecule has 0 bridgehead atoms. The van der Waals surface area contributed by atoms with E-state index in [0.717, 1.165) is 54.7 Å². The Kier molecular flexibility index (Phi) is 7.45. The summed E-state index contributed by atoms with van der Waals surface area (Å²) in [4.78, 5) is 0. The van der Waals surface area contributed by atoms with Crippen LogP contribution < -0.4 is 0 Å². The van der Waals surface area contributed by atoms with Crippen LogP contribution in [0, 0.1) is 11.3 Å². The lowest BCUT2D eigenvalue weighted by molar-refractivity contribution is -0.137. The number of rotatable bonds is 3. The number of para-hydroxylation sites is 2. The molecule has 6 aromatic carbocycles. The van der Waals surface area contributed by atoms with Crippen molar-refractivity contribution < 1.29 is 13.2 Å². The van der Waals surface area contributed by atoms with Crippen LogP contribution in [0.2, 0.25) is 0 Å². The van der Waals surface area contributed by atoms with Gasteiger partial charge in [-0.3, -0.25) is 0 Å². The molecule has 258 valence electrons. The number of alkyl halides is 3. The average Bonchev–Trinajstić information content (AvgIpc) is 3.62. The molecular weight excluding hydrogens is 652 g/mol. The molecular formula is C46H38F3N3. The number of hydrogen-bond donors (Lipinski definition) is 0. The summed E-state index contributed by atoms with van der Waals surface area (Å²) >= 11 is 0. The maximum Gasteiger partial charge on any atom is 0.416 e. The lowest BCUT2D eigenvalue weighted by Gasteiger charge is -2.24. The van der Waals surface area contributed by atoms with Crippen molar-refractivity contribution >= 4 is 43.6 Å². The molecule has 0 aliphatic rings. The second-order valence-corrected chi connectivity index (χ2v) is 15.7. The smallest absolute Gasteiger partial charge is 0.309 e. The van der Waals surface area contributed by atoms with E-state index in [9.17, 15) is 5.26 Å². The molecule has 2 heterocycles. The largest absolute Gasteiger partial charge is 0.416 e. The second kappa shape index (κ2) is 11.6. The number of benzene rings is 6. The molecule has 0 aliphatic heterocycles. The monoisotopic (exact) mass is 689 g/mol. The van der Waals surface area contributed by atoms with Gasteiger partial charge in [-0.1, -0.05) is 114 Å². The van der Waals surface area contributed by atoms with Gasteiger partial charge in [0.15, 0.2) is 0 Å². The van der Waals surface area contributed by atoms with Crippen LogP contribution in [-0.4, -0.2) is 9.13 Å². The molecule has 3 nitrogen and oxygen atoms in total. The van der Waals surface area contributed by atoms with E-state index in [1.165, 1.54) is 12.1 Å². The van der Waals surface area contributed by atoms with Gasteiger partial charge in [0, 0.05) is 27.1 Å². The topological polar surface area (TPSA) is 33.6 Å². The van der Waals surface area contributed by atoms with Gasteiger partial charge >= 0.3 is 6.18 Å². The Labute approximate surface area is 301 Å². The van der Waals surface area contributed by atoms with Crippen LogP contribution in [0.15, 0.2) is 121 Å². The molecule has 8 aromatic rings. The zero-order chi connectivity index (χ0) is 36.7. The minimum Gasteiger partial charge on any atom is -0.309 e. The molecule has 2 aromatic heterocycles. The molecule has 0 amide bonds. The van der Waals surface area contributed by atoms with Crippen LogP contribution in [0.5, 0.6) is 0 Å². The van der Waals surface area contributed by atoms with E-state index in [0.29, 0.717) is 28.1 Å². The van der Waals surface area contributed by atoms with Crippen molar-refractivity contribution in [3.8, 4) is 28.6 Å². The van der Waals surface area contributed by atoms with Gasteiger partial charge in [0.05, 0.1) is 50.6 Å². The fraction of sp³-hybridized carbons (Fsp3) is 0.196. The third-order valence-electron chi connectivity index (χ3n) is 10.3. The van der Waals surface area contributed by atoms with Gasteiger partial charge < -0.3 is 9.13 Å². The predicted octanol–water partition coefficient (Wildman–Crippen LogP) is 13.0. The maximum atomic E-state index is 15.3. The van der Waals surface area contributed by atoms with Crippen molar-refractivity contribution in [1.29, 1.82) is 5.26 Å². The van der Waals surface area contributed by atoms with Gasteiger partial charge in [-0.2, -0.15) is 18.4 Å². The number of fused-ring (bicyclic) bond motifs is 6. The number of aromatic nitrogens is 2. The molecule has 0 aliphatic carbocycles. The molecule has 0 radical (unpaired) electrons. The highest BCUT2D eigenvalue weighted by Crippen LogP contribution is 2.46. The molecule has 6 heteroatoms. The van der Waals surface area contributed by atoms with Crippen molar-refractivity contribution in [1.82, 2.24) is 9.13 Å². The van der Waals surface area contributed by atoms with Gasteiger partial charge in [0.2, 0.25) is 0 Å². The summed E-state index contributed by atoms with van der Waals surface area (Å²) in [6, 6.07) is 40.4. The maximum absolute atomic E-state index is 15.3.